The predicted molar refractivity (Wildman–Crippen MR) is 69.5 cm³/mol. The van der Waals surface area contributed by atoms with Crippen molar-refractivity contribution in [1.82, 2.24) is 15.2 Å². The smallest absolute Gasteiger partial charge is 0.258 e. The van der Waals surface area contributed by atoms with Crippen LogP contribution in [0.2, 0.25) is 0 Å². The molecular formula is C13H16N4O. The van der Waals surface area contributed by atoms with Gasteiger partial charge in [-0.05, 0) is 25.5 Å². The number of hydrogen-bond acceptors (Lipinski definition) is 3. The van der Waals surface area contributed by atoms with Crippen molar-refractivity contribution in [3.05, 3.63) is 41.3 Å². The van der Waals surface area contributed by atoms with Crippen LogP contribution in [-0.2, 0) is 6.42 Å². The van der Waals surface area contributed by atoms with E-state index in [1.807, 2.05) is 19.1 Å². The monoisotopic (exact) mass is 244 g/mol. The second-order valence-corrected chi connectivity index (χ2v) is 4.17. The summed E-state index contributed by atoms with van der Waals surface area (Å²) in [7, 11) is 0. The molecule has 18 heavy (non-hydrogen) atoms. The van der Waals surface area contributed by atoms with Crippen LogP contribution in [0.3, 0.4) is 0 Å². The van der Waals surface area contributed by atoms with Crippen LogP contribution in [0.25, 0.3) is 0 Å². The minimum atomic E-state index is -0.197. The number of carbonyl (C=O) groups excluding carboxylic acids is 1. The van der Waals surface area contributed by atoms with E-state index in [2.05, 4.69) is 27.4 Å². The van der Waals surface area contributed by atoms with Crippen molar-refractivity contribution in [2.75, 3.05) is 5.32 Å². The molecule has 2 rings (SSSR count). The number of carbonyl (C=O) groups is 1. The number of hydrogen-bond donors (Lipinski definition) is 2. The number of anilines is 1. The molecule has 2 aromatic heterocycles. The molecule has 0 saturated carbocycles. The van der Waals surface area contributed by atoms with Gasteiger partial charge in [-0.25, -0.2) is 0 Å². The molecular weight excluding hydrogens is 228 g/mol. The summed E-state index contributed by atoms with van der Waals surface area (Å²) < 4.78 is 0. The zero-order chi connectivity index (χ0) is 13.0. The molecule has 5 heteroatoms. The Morgan fingerprint density at radius 1 is 1.44 bits per heavy atom. The van der Waals surface area contributed by atoms with Gasteiger partial charge in [0.15, 0.2) is 5.82 Å². The Balaban J connectivity index is 2.04. The third kappa shape index (κ3) is 2.94. The van der Waals surface area contributed by atoms with Crippen molar-refractivity contribution >= 4 is 11.7 Å². The van der Waals surface area contributed by atoms with E-state index in [0.717, 1.165) is 24.2 Å². The van der Waals surface area contributed by atoms with Crippen molar-refractivity contribution in [1.29, 1.82) is 0 Å². The molecule has 0 unspecified atom stereocenters. The van der Waals surface area contributed by atoms with Crippen molar-refractivity contribution in [2.45, 2.75) is 26.7 Å². The molecule has 0 aromatic carbocycles. The zero-order valence-electron chi connectivity index (χ0n) is 10.5. The fourth-order valence-electron chi connectivity index (χ4n) is 1.61. The number of rotatable bonds is 4. The van der Waals surface area contributed by atoms with Gasteiger partial charge in [0.05, 0.1) is 5.56 Å². The number of aryl methyl sites for hydroxylation is 2. The Bertz CT molecular complexity index is 530. The van der Waals surface area contributed by atoms with Gasteiger partial charge in [-0.2, -0.15) is 5.10 Å². The van der Waals surface area contributed by atoms with E-state index in [9.17, 15) is 4.79 Å². The molecule has 0 spiro atoms. The largest absolute Gasteiger partial charge is 0.305 e. The van der Waals surface area contributed by atoms with Gasteiger partial charge in [-0.1, -0.05) is 13.3 Å². The maximum absolute atomic E-state index is 11.9. The highest BCUT2D eigenvalue weighted by Gasteiger charge is 2.08. The normalized spacial score (nSPS) is 10.3. The maximum Gasteiger partial charge on any atom is 0.258 e. The molecule has 2 heterocycles. The first-order valence-electron chi connectivity index (χ1n) is 5.97. The molecule has 0 saturated heterocycles. The second kappa shape index (κ2) is 5.44. The Morgan fingerprint density at radius 2 is 2.28 bits per heavy atom. The molecule has 2 aromatic rings. The van der Waals surface area contributed by atoms with Crippen LogP contribution in [0, 0.1) is 6.92 Å². The Morgan fingerprint density at radius 3 is 2.94 bits per heavy atom. The summed E-state index contributed by atoms with van der Waals surface area (Å²) in [5, 5.41) is 9.67. The highest BCUT2D eigenvalue weighted by atomic mass is 16.1. The van der Waals surface area contributed by atoms with E-state index in [4.69, 9.17) is 0 Å². The maximum atomic E-state index is 11.9. The minimum Gasteiger partial charge on any atom is -0.305 e. The first kappa shape index (κ1) is 12.3. The van der Waals surface area contributed by atoms with Crippen molar-refractivity contribution in [3.63, 3.8) is 0 Å². The molecule has 0 aliphatic carbocycles. The molecule has 0 radical (unpaired) electrons. The number of aromatic amines is 1. The van der Waals surface area contributed by atoms with E-state index in [1.54, 1.807) is 12.3 Å². The van der Waals surface area contributed by atoms with Crippen LogP contribution in [-0.4, -0.2) is 21.1 Å². The lowest BCUT2D eigenvalue weighted by molar-refractivity contribution is 0.102. The van der Waals surface area contributed by atoms with Gasteiger partial charge >= 0.3 is 0 Å². The van der Waals surface area contributed by atoms with Gasteiger partial charge < -0.3 is 5.32 Å². The average molecular weight is 244 g/mol. The third-order valence-electron chi connectivity index (χ3n) is 2.57. The van der Waals surface area contributed by atoms with Gasteiger partial charge in [0.1, 0.15) is 0 Å². The van der Waals surface area contributed by atoms with E-state index in [-0.39, 0.29) is 5.91 Å². The predicted octanol–water partition coefficient (Wildman–Crippen LogP) is 2.32. The fourth-order valence-corrected chi connectivity index (χ4v) is 1.61. The molecule has 0 aliphatic heterocycles. The lowest BCUT2D eigenvalue weighted by atomic mass is 10.2. The minimum absolute atomic E-state index is 0.197. The van der Waals surface area contributed by atoms with E-state index in [1.165, 1.54) is 0 Å². The number of amides is 1. The Kier molecular flexibility index (Phi) is 3.72. The number of nitrogens with zero attached hydrogens (tertiary/aromatic N) is 2. The number of H-pyrrole nitrogens is 1. The Hall–Kier alpha value is -2.17. The van der Waals surface area contributed by atoms with E-state index < -0.39 is 0 Å². The highest BCUT2D eigenvalue weighted by Crippen LogP contribution is 2.09. The van der Waals surface area contributed by atoms with Gasteiger partial charge in [0, 0.05) is 23.7 Å². The quantitative estimate of drug-likeness (QED) is 0.867. The Labute approximate surface area is 106 Å². The molecule has 0 aliphatic rings. The molecule has 2 N–H and O–H groups in total. The van der Waals surface area contributed by atoms with E-state index in [0.29, 0.717) is 11.4 Å². The van der Waals surface area contributed by atoms with Crippen LogP contribution >= 0.6 is 0 Å². The van der Waals surface area contributed by atoms with Gasteiger partial charge in [0.2, 0.25) is 0 Å². The highest BCUT2D eigenvalue weighted by molar-refractivity contribution is 6.03. The summed E-state index contributed by atoms with van der Waals surface area (Å²) in [4.78, 5) is 16.0. The molecule has 0 bridgehead atoms. The summed E-state index contributed by atoms with van der Waals surface area (Å²) in [6.07, 6.45) is 3.52. The summed E-state index contributed by atoms with van der Waals surface area (Å²) in [6, 6.07) is 5.41. The summed E-state index contributed by atoms with van der Waals surface area (Å²) in [5.41, 5.74) is 2.44. The van der Waals surface area contributed by atoms with Gasteiger partial charge in [0.25, 0.3) is 5.91 Å². The second-order valence-electron chi connectivity index (χ2n) is 4.17. The SMILES string of the molecule is CCCc1cc(NC(=O)c2ccc(C)nc2)n[nH]1. The van der Waals surface area contributed by atoms with Crippen LogP contribution < -0.4 is 5.32 Å². The number of pyridine rings is 1. The molecule has 0 fully saturated rings. The standard InChI is InChI=1S/C13H16N4O/c1-3-4-11-7-12(17-16-11)15-13(18)10-6-5-9(2)14-8-10/h5-8H,3-4H2,1-2H3,(H2,15,16,17,18). The summed E-state index contributed by atoms with van der Waals surface area (Å²) >= 11 is 0. The molecule has 5 nitrogen and oxygen atoms in total. The lowest BCUT2D eigenvalue weighted by Crippen LogP contribution is -2.12. The average Bonchev–Trinajstić information content (AvgIpc) is 2.78. The van der Waals surface area contributed by atoms with Crippen molar-refractivity contribution in [3.8, 4) is 0 Å². The number of aromatic nitrogens is 3. The first-order valence-corrected chi connectivity index (χ1v) is 5.97. The van der Waals surface area contributed by atoms with Crippen LogP contribution in [0.5, 0.6) is 0 Å². The zero-order valence-corrected chi connectivity index (χ0v) is 10.5. The van der Waals surface area contributed by atoms with Gasteiger partial charge in [-0.3, -0.25) is 14.9 Å². The van der Waals surface area contributed by atoms with Crippen molar-refractivity contribution in [2.24, 2.45) is 0 Å². The van der Waals surface area contributed by atoms with Gasteiger partial charge in [-0.15, -0.1) is 0 Å². The van der Waals surface area contributed by atoms with Crippen molar-refractivity contribution < 1.29 is 4.79 Å². The summed E-state index contributed by atoms with van der Waals surface area (Å²) in [6.45, 7) is 3.98. The molecule has 0 atom stereocenters. The van der Waals surface area contributed by atoms with Crippen LogP contribution in [0.4, 0.5) is 5.82 Å². The molecule has 1 amide bonds. The fraction of sp³-hybridized carbons (Fsp3) is 0.308. The van der Waals surface area contributed by atoms with Crippen LogP contribution in [0.1, 0.15) is 35.1 Å². The van der Waals surface area contributed by atoms with Crippen LogP contribution in [0.15, 0.2) is 24.4 Å². The third-order valence-corrected chi connectivity index (χ3v) is 2.57. The van der Waals surface area contributed by atoms with E-state index >= 15 is 0 Å². The molecule has 94 valence electrons. The lowest BCUT2D eigenvalue weighted by Gasteiger charge is -2.01. The summed E-state index contributed by atoms with van der Waals surface area (Å²) in [5.74, 6) is 0.348. The first-order chi connectivity index (χ1) is 8.69. The number of nitrogens with one attached hydrogen (secondary N) is 2. The topological polar surface area (TPSA) is 70.7 Å².